The van der Waals surface area contributed by atoms with Crippen LogP contribution in [-0.2, 0) is 0 Å². The normalized spacial score (nSPS) is 19.9. The molecule has 5 nitrogen and oxygen atoms in total. The molecule has 1 atom stereocenters. The van der Waals surface area contributed by atoms with E-state index >= 15 is 0 Å². The van der Waals surface area contributed by atoms with Gasteiger partial charge >= 0.3 is 0 Å². The number of hydrogen-bond donors (Lipinski definition) is 2. The molecule has 2 N–H and O–H groups in total. The summed E-state index contributed by atoms with van der Waals surface area (Å²) in [6, 6.07) is 6.23. The average molecular weight is 391 g/mol. The maximum Gasteiger partial charge on any atom is 0.129 e. The maximum atomic E-state index is 5.49. The second-order valence-electron chi connectivity index (χ2n) is 8.09. The van der Waals surface area contributed by atoms with Gasteiger partial charge in [-0.3, -0.25) is 4.99 Å². The number of nitrogens with zero attached hydrogens (tertiary/aromatic N) is 2. The SMILES string of the molecule is COc1ccc2[nH]c3c(c2c1)C(C)=C1C(=NCCCN(C)C)NC=CC1C=C3C. The molecule has 1 unspecified atom stereocenters. The lowest BCUT2D eigenvalue weighted by molar-refractivity contribution is 0.403. The molecule has 0 bridgehead atoms. The second kappa shape index (κ2) is 7.91. The van der Waals surface area contributed by atoms with Crippen LogP contribution in [0.3, 0.4) is 0 Å². The number of benzene rings is 1. The van der Waals surface area contributed by atoms with Gasteiger partial charge in [-0.1, -0.05) is 12.2 Å². The fourth-order valence-electron chi connectivity index (χ4n) is 4.31. The first-order valence-corrected chi connectivity index (χ1v) is 10.2. The van der Waals surface area contributed by atoms with Crippen molar-refractivity contribution in [3.63, 3.8) is 0 Å². The fourth-order valence-corrected chi connectivity index (χ4v) is 4.31. The summed E-state index contributed by atoms with van der Waals surface area (Å²) < 4.78 is 5.49. The van der Waals surface area contributed by atoms with Gasteiger partial charge in [0.2, 0.25) is 0 Å². The van der Waals surface area contributed by atoms with Crippen LogP contribution in [0.15, 0.2) is 47.1 Å². The number of ether oxygens (including phenoxy) is 1. The highest BCUT2D eigenvalue weighted by Gasteiger charge is 2.28. The van der Waals surface area contributed by atoms with Gasteiger partial charge in [-0.15, -0.1) is 0 Å². The van der Waals surface area contributed by atoms with Crippen LogP contribution in [0.1, 0.15) is 31.5 Å². The van der Waals surface area contributed by atoms with E-state index < -0.39 is 0 Å². The third kappa shape index (κ3) is 3.62. The molecule has 29 heavy (non-hydrogen) atoms. The lowest BCUT2D eigenvalue weighted by Crippen LogP contribution is -2.29. The van der Waals surface area contributed by atoms with Crippen LogP contribution >= 0.6 is 0 Å². The zero-order valence-corrected chi connectivity index (χ0v) is 18.0. The van der Waals surface area contributed by atoms with Crippen molar-refractivity contribution >= 4 is 27.9 Å². The summed E-state index contributed by atoms with van der Waals surface area (Å²) in [6.07, 6.45) is 7.62. The van der Waals surface area contributed by atoms with E-state index in [1.165, 1.54) is 33.4 Å². The number of nitrogens with one attached hydrogen (secondary N) is 2. The summed E-state index contributed by atoms with van der Waals surface area (Å²) in [5.41, 5.74) is 7.36. The number of H-pyrrole nitrogens is 1. The number of aromatic nitrogens is 1. The van der Waals surface area contributed by atoms with Gasteiger partial charge in [-0.05, 0) is 76.5 Å². The largest absolute Gasteiger partial charge is 0.497 e. The Bertz CT molecular complexity index is 1050. The van der Waals surface area contributed by atoms with Crippen LogP contribution in [0.25, 0.3) is 22.0 Å². The van der Waals surface area contributed by atoms with E-state index in [1.54, 1.807) is 7.11 Å². The highest BCUT2D eigenvalue weighted by Crippen LogP contribution is 2.41. The molecule has 1 aliphatic heterocycles. The molecule has 4 rings (SSSR count). The number of allylic oxidation sites excluding steroid dienone is 4. The Morgan fingerprint density at radius 3 is 2.79 bits per heavy atom. The molecule has 1 aliphatic carbocycles. The summed E-state index contributed by atoms with van der Waals surface area (Å²) in [5, 5.41) is 4.60. The number of hydrogen-bond acceptors (Lipinski definition) is 3. The molecule has 2 aliphatic rings. The van der Waals surface area contributed by atoms with Gasteiger partial charge in [0.25, 0.3) is 0 Å². The van der Waals surface area contributed by atoms with Gasteiger partial charge in [-0.25, -0.2) is 0 Å². The Hall–Kier alpha value is -2.79. The molecular formula is C24H30N4O. The van der Waals surface area contributed by atoms with E-state index in [0.717, 1.165) is 36.6 Å². The summed E-state index contributed by atoms with van der Waals surface area (Å²) in [7, 11) is 5.92. The summed E-state index contributed by atoms with van der Waals surface area (Å²) >= 11 is 0. The molecule has 0 spiro atoms. The Balaban J connectivity index is 1.84. The molecule has 0 amide bonds. The molecule has 0 saturated heterocycles. The standard InChI is InChI=1S/C24H30N4O/c1-15-13-17-9-11-26-24(25-10-6-12-28(3)4)21(17)16(2)22-19-14-18(29-5)7-8-20(19)27-23(15)22/h7-9,11,13-14,17,27H,6,10,12H2,1-5H3,(H,25,26). The number of amidine groups is 1. The van der Waals surface area contributed by atoms with Crippen LogP contribution in [0, 0.1) is 5.92 Å². The summed E-state index contributed by atoms with van der Waals surface area (Å²) in [4.78, 5) is 10.8. The van der Waals surface area contributed by atoms with Crippen molar-refractivity contribution in [3.05, 3.63) is 53.4 Å². The number of fused-ring (bicyclic) bond motifs is 4. The average Bonchev–Trinajstić information content (AvgIpc) is 3.04. The van der Waals surface area contributed by atoms with E-state index in [2.05, 4.69) is 67.4 Å². The highest BCUT2D eigenvalue weighted by molar-refractivity contribution is 6.11. The van der Waals surface area contributed by atoms with Crippen molar-refractivity contribution in [1.82, 2.24) is 15.2 Å². The van der Waals surface area contributed by atoms with E-state index in [9.17, 15) is 0 Å². The third-order valence-electron chi connectivity index (χ3n) is 5.75. The zero-order chi connectivity index (χ0) is 20.5. The van der Waals surface area contributed by atoms with Crippen molar-refractivity contribution in [2.45, 2.75) is 20.3 Å². The van der Waals surface area contributed by atoms with E-state index in [0.29, 0.717) is 0 Å². The molecule has 0 radical (unpaired) electrons. The first kappa shape index (κ1) is 19.5. The van der Waals surface area contributed by atoms with Crippen LogP contribution in [0.2, 0.25) is 0 Å². The molecule has 5 heteroatoms. The molecule has 2 aromatic rings. The van der Waals surface area contributed by atoms with Crippen molar-refractivity contribution in [2.75, 3.05) is 34.3 Å². The Labute approximate surface area is 172 Å². The predicted octanol–water partition coefficient (Wildman–Crippen LogP) is 4.45. The fraction of sp³-hybridized carbons (Fsp3) is 0.375. The summed E-state index contributed by atoms with van der Waals surface area (Å²) in [5.74, 6) is 2.09. The first-order valence-electron chi connectivity index (χ1n) is 10.2. The minimum atomic E-state index is 0.227. The van der Waals surface area contributed by atoms with Gasteiger partial charge in [0, 0.05) is 40.2 Å². The van der Waals surface area contributed by atoms with Gasteiger partial charge in [-0.2, -0.15) is 0 Å². The van der Waals surface area contributed by atoms with Gasteiger partial charge in [0.05, 0.1) is 7.11 Å². The van der Waals surface area contributed by atoms with Crippen LogP contribution in [-0.4, -0.2) is 50.0 Å². The third-order valence-corrected chi connectivity index (χ3v) is 5.75. The Kier molecular flexibility index (Phi) is 5.33. The number of aliphatic imine (C=N–C) groups is 1. The predicted molar refractivity (Wildman–Crippen MR) is 122 cm³/mol. The molecule has 1 aromatic heterocycles. The number of methoxy groups -OCH3 is 1. The minimum absolute atomic E-state index is 0.227. The number of rotatable bonds is 5. The van der Waals surface area contributed by atoms with Crippen LogP contribution in [0.5, 0.6) is 5.75 Å². The number of aromatic amines is 1. The summed E-state index contributed by atoms with van der Waals surface area (Å²) in [6.45, 7) is 6.26. The van der Waals surface area contributed by atoms with Gasteiger partial charge < -0.3 is 19.9 Å². The van der Waals surface area contributed by atoms with Gasteiger partial charge in [0.15, 0.2) is 0 Å². The quantitative estimate of drug-likeness (QED) is 0.742. The van der Waals surface area contributed by atoms with Crippen molar-refractivity contribution in [1.29, 1.82) is 0 Å². The second-order valence-corrected chi connectivity index (χ2v) is 8.09. The van der Waals surface area contributed by atoms with E-state index in [1.807, 2.05) is 12.3 Å². The lowest BCUT2D eigenvalue weighted by atomic mass is 9.89. The van der Waals surface area contributed by atoms with Crippen LogP contribution < -0.4 is 10.1 Å². The van der Waals surface area contributed by atoms with Crippen molar-refractivity contribution in [2.24, 2.45) is 10.9 Å². The van der Waals surface area contributed by atoms with Gasteiger partial charge in [0.1, 0.15) is 11.6 Å². The molecule has 152 valence electrons. The monoisotopic (exact) mass is 390 g/mol. The topological polar surface area (TPSA) is 52.6 Å². The smallest absolute Gasteiger partial charge is 0.129 e. The molecule has 2 heterocycles. The first-order chi connectivity index (χ1) is 14.0. The minimum Gasteiger partial charge on any atom is -0.497 e. The Morgan fingerprint density at radius 2 is 2.03 bits per heavy atom. The van der Waals surface area contributed by atoms with Crippen molar-refractivity contribution < 1.29 is 4.74 Å². The Morgan fingerprint density at radius 1 is 1.21 bits per heavy atom. The van der Waals surface area contributed by atoms with Crippen molar-refractivity contribution in [3.8, 4) is 5.75 Å². The molecule has 0 fully saturated rings. The molecular weight excluding hydrogens is 360 g/mol. The maximum absolute atomic E-state index is 5.49. The highest BCUT2D eigenvalue weighted by atomic mass is 16.5. The molecule has 1 aromatic carbocycles. The lowest BCUT2D eigenvalue weighted by Gasteiger charge is -2.23. The molecule has 0 saturated carbocycles. The zero-order valence-electron chi connectivity index (χ0n) is 18.0. The van der Waals surface area contributed by atoms with E-state index in [-0.39, 0.29) is 5.92 Å². The van der Waals surface area contributed by atoms with E-state index in [4.69, 9.17) is 9.73 Å². The van der Waals surface area contributed by atoms with Crippen LogP contribution in [0.4, 0.5) is 0 Å².